The fourth-order valence-electron chi connectivity index (χ4n) is 2.60. The molecule has 14 heavy (non-hydrogen) atoms. The van der Waals surface area contributed by atoms with Crippen molar-refractivity contribution < 1.29 is 0 Å². The van der Waals surface area contributed by atoms with Crippen LogP contribution in [0.4, 0.5) is 0 Å². The van der Waals surface area contributed by atoms with Crippen molar-refractivity contribution in [1.29, 1.82) is 0 Å². The van der Waals surface area contributed by atoms with E-state index in [2.05, 4.69) is 32.0 Å². The maximum absolute atomic E-state index is 2.32. The Morgan fingerprint density at radius 1 is 1.14 bits per heavy atom. The summed E-state index contributed by atoms with van der Waals surface area (Å²) in [6.45, 7) is 4.42. The highest BCUT2D eigenvalue weighted by molar-refractivity contribution is 5.30. The van der Waals surface area contributed by atoms with E-state index < -0.39 is 0 Å². The van der Waals surface area contributed by atoms with Gasteiger partial charge in [-0.3, -0.25) is 0 Å². The van der Waals surface area contributed by atoms with E-state index in [0.717, 1.165) is 5.92 Å². The molecule has 1 aromatic rings. The zero-order chi connectivity index (χ0) is 9.97. The number of aryl methyl sites for hydroxylation is 2. The van der Waals surface area contributed by atoms with Crippen LogP contribution in [0.25, 0.3) is 0 Å². The van der Waals surface area contributed by atoms with Gasteiger partial charge in [-0.1, -0.05) is 49.4 Å². The summed E-state index contributed by atoms with van der Waals surface area (Å²) in [7, 11) is 0. The van der Waals surface area contributed by atoms with Gasteiger partial charge >= 0.3 is 0 Å². The minimum absolute atomic E-state index is 0.969. The second-order valence-electron chi connectivity index (χ2n) is 4.78. The van der Waals surface area contributed by atoms with Crippen molar-refractivity contribution >= 4 is 0 Å². The minimum atomic E-state index is 0.969. The second-order valence-corrected chi connectivity index (χ2v) is 4.78. The first-order chi connectivity index (χ1) is 6.75. The third kappa shape index (κ3) is 2.17. The fourth-order valence-corrected chi connectivity index (χ4v) is 2.60. The lowest BCUT2D eigenvalue weighted by Crippen LogP contribution is -2.00. The Labute approximate surface area is 87.3 Å². The molecule has 1 aromatic carbocycles. The minimum Gasteiger partial charge on any atom is -0.0590 e. The smallest absolute Gasteiger partial charge is 0.0248 e. The number of hydrogen-bond donors (Lipinski definition) is 0. The van der Waals surface area contributed by atoms with E-state index in [4.69, 9.17) is 0 Å². The molecular formula is C14H20. The normalized spacial score (nSPS) is 17.6. The average Bonchev–Trinajstić information content (AvgIpc) is 2.62. The Morgan fingerprint density at radius 3 is 2.50 bits per heavy atom. The summed E-state index contributed by atoms with van der Waals surface area (Å²) in [6.07, 6.45) is 7.12. The van der Waals surface area contributed by atoms with Gasteiger partial charge in [0, 0.05) is 0 Å². The number of rotatable bonds is 2. The Bertz CT molecular complexity index is 306. The van der Waals surface area contributed by atoms with Crippen LogP contribution in [0.15, 0.2) is 18.2 Å². The van der Waals surface area contributed by atoms with E-state index in [9.17, 15) is 0 Å². The molecule has 2 rings (SSSR count). The van der Waals surface area contributed by atoms with Gasteiger partial charge < -0.3 is 0 Å². The molecule has 0 aliphatic heterocycles. The first-order valence-electron chi connectivity index (χ1n) is 5.82. The molecule has 0 spiro atoms. The molecule has 0 radical (unpaired) electrons. The lowest BCUT2D eigenvalue weighted by molar-refractivity contribution is 0.545. The Hall–Kier alpha value is -0.780. The van der Waals surface area contributed by atoms with Crippen LogP contribution < -0.4 is 0 Å². The lowest BCUT2D eigenvalue weighted by atomic mass is 9.94. The van der Waals surface area contributed by atoms with E-state index in [1.54, 1.807) is 5.56 Å². The number of hydrogen-bond acceptors (Lipinski definition) is 0. The van der Waals surface area contributed by atoms with Gasteiger partial charge in [-0.05, 0) is 37.3 Å². The maximum atomic E-state index is 2.32. The molecule has 1 fully saturated rings. The first-order valence-corrected chi connectivity index (χ1v) is 5.82. The van der Waals surface area contributed by atoms with E-state index >= 15 is 0 Å². The molecule has 0 nitrogen and oxygen atoms in total. The van der Waals surface area contributed by atoms with E-state index in [1.807, 2.05) is 0 Å². The van der Waals surface area contributed by atoms with Gasteiger partial charge in [0.15, 0.2) is 0 Å². The van der Waals surface area contributed by atoms with Crippen LogP contribution in [-0.2, 0) is 6.42 Å². The topological polar surface area (TPSA) is 0 Å². The molecule has 76 valence electrons. The lowest BCUT2D eigenvalue weighted by Gasteiger charge is -2.11. The summed E-state index contributed by atoms with van der Waals surface area (Å²) in [6, 6.07) is 6.88. The third-order valence-corrected chi connectivity index (χ3v) is 3.48. The molecule has 0 bridgehead atoms. The fraction of sp³-hybridized carbons (Fsp3) is 0.571. The molecule has 0 amide bonds. The van der Waals surface area contributed by atoms with Gasteiger partial charge in [0.2, 0.25) is 0 Å². The third-order valence-electron chi connectivity index (χ3n) is 3.48. The van der Waals surface area contributed by atoms with Crippen LogP contribution >= 0.6 is 0 Å². The van der Waals surface area contributed by atoms with Crippen LogP contribution in [-0.4, -0.2) is 0 Å². The molecule has 0 unspecified atom stereocenters. The Balaban J connectivity index is 2.08. The van der Waals surface area contributed by atoms with Crippen molar-refractivity contribution in [2.45, 2.75) is 46.0 Å². The molecule has 0 heteroatoms. The van der Waals surface area contributed by atoms with Crippen LogP contribution in [0.5, 0.6) is 0 Å². The predicted octanol–water partition coefficient (Wildman–Crippen LogP) is 4.04. The van der Waals surface area contributed by atoms with E-state index in [-0.39, 0.29) is 0 Å². The molecular weight excluding hydrogens is 168 g/mol. The molecule has 0 saturated heterocycles. The summed E-state index contributed by atoms with van der Waals surface area (Å²) in [4.78, 5) is 0. The Kier molecular flexibility index (Phi) is 2.90. The highest BCUT2D eigenvalue weighted by Gasteiger charge is 2.15. The summed E-state index contributed by atoms with van der Waals surface area (Å²) in [5.74, 6) is 0.969. The van der Waals surface area contributed by atoms with Gasteiger partial charge in [0.1, 0.15) is 0 Å². The SMILES string of the molecule is Cc1ccc(CC2CCCC2)c(C)c1. The van der Waals surface area contributed by atoms with Crippen LogP contribution in [0.1, 0.15) is 42.4 Å². The molecule has 1 aliphatic carbocycles. The summed E-state index contributed by atoms with van der Waals surface area (Å²) < 4.78 is 0. The monoisotopic (exact) mass is 188 g/mol. The standard InChI is InChI=1S/C14H20/c1-11-7-8-14(12(2)9-11)10-13-5-3-4-6-13/h7-9,13H,3-6,10H2,1-2H3. The van der Waals surface area contributed by atoms with Gasteiger partial charge in [-0.2, -0.15) is 0 Å². The summed E-state index contributed by atoms with van der Waals surface area (Å²) >= 11 is 0. The quantitative estimate of drug-likeness (QED) is 0.657. The van der Waals surface area contributed by atoms with Crippen LogP contribution in [0.2, 0.25) is 0 Å². The van der Waals surface area contributed by atoms with Crippen LogP contribution in [0, 0.1) is 19.8 Å². The van der Waals surface area contributed by atoms with Crippen molar-refractivity contribution in [3.05, 3.63) is 34.9 Å². The van der Waals surface area contributed by atoms with Crippen molar-refractivity contribution in [2.24, 2.45) is 5.92 Å². The average molecular weight is 188 g/mol. The highest BCUT2D eigenvalue weighted by Crippen LogP contribution is 2.28. The number of benzene rings is 1. The van der Waals surface area contributed by atoms with Crippen molar-refractivity contribution in [3.8, 4) is 0 Å². The molecule has 0 aromatic heterocycles. The van der Waals surface area contributed by atoms with Crippen molar-refractivity contribution in [2.75, 3.05) is 0 Å². The molecule has 1 saturated carbocycles. The zero-order valence-corrected chi connectivity index (χ0v) is 9.34. The highest BCUT2D eigenvalue weighted by atomic mass is 14.2. The maximum Gasteiger partial charge on any atom is -0.0248 e. The second kappa shape index (κ2) is 4.16. The van der Waals surface area contributed by atoms with E-state index in [0.29, 0.717) is 0 Å². The first kappa shape index (κ1) is 9.76. The summed E-state index contributed by atoms with van der Waals surface area (Å²) in [5, 5.41) is 0. The zero-order valence-electron chi connectivity index (χ0n) is 9.34. The molecule has 0 heterocycles. The predicted molar refractivity (Wildman–Crippen MR) is 61.6 cm³/mol. The van der Waals surface area contributed by atoms with Gasteiger partial charge in [0.25, 0.3) is 0 Å². The molecule has 0 N–H and O–H groups in total. The van der Waals surface area contributed by atoms with Crippen LogP contribution in [0.3, 0.4) is 0 Å². The molecule has 1 aliphatic rings. The van der Waals surface area contributed by atoms with Gasteiger partial charge in [-0.15, -0.1) is 0 Å². The Morgan fingerprint density at radius 2 is 1.86 bits per heavy atom. The van der Waals surface area contributed by atoms with Crippen molar-refractivity contribution in [1.82, 2.24) is 0 Å². The molecule has 0 atom stereocenters. The van der Waals surface area contributed by atoms with Gasteiger partial charge in [-0.25, -0.2) is 0 Å². The van der Waals surface area contributed by atoms with E-state index in [1.165, 1.54) is 43.2 Å². The summed E-state index contributed by atoms with van der Waals surface area (Å²) in [5.41, 5.74) is 4.44. The van der Waals surface area contributed by atoms with Gasteiger partial charge in [0.05, 0.1) is 0 Å². The van der Waals surface area contributed by atoms with Crippen molar-refractivity contribution in [3.63, 3.8) is 0 Å². The largest absolute Gasteiger partial charge is 0.0590 e.